The van der Waals surface area contributed by atoms with E-state index in [1.807, 2.05) is 0 Å². The standard InChI is InChI=1S/C10H10FNO2/c11-9-6-8(12)5-4-7(9)2-1-3-10(13)14/h1-2,4-6H,3,12H2,(H,13,14). The first kappa shape index (κ1) is 10.2. The summed E-state index contributed by atoms with van der Waals surface area (Å²) in [7, 11) is 0. The Morgan fingerprint density at radius 3 is 2.86 bits per heavy atom. The molecule has 0 heterocycles. The van der Waals surface area contributed by atoms with Crippen LogP contribution in [0.3, 0.4) is 0 Å². The van der Waals surface area contributed by atoms with Crippen LogP contribution in [-0.2, 0) is 4.79 Å². The number of carboxylic acids is 1. The van der Waals surface area contributed by atoms with Crippen LogP contribution in [-0.4, -0.2) is 11.1 Å². The quantitative estimate of drug-likeness (QED) is 0.724. The number of aliphatic carboxylic acids is 1. The summed E-state index contributed by atoms with van der Waals surface area (Å²) in [5.41, 5.74) is 6.03. The fourth-order valence-electron chi connectivity index (χ4n) is 0.965. The van der Waals surface area contributed by atoms with Gasteiger partial charge in [0.1, 0.15) is 5.82 Å². The zero-order chi connectivity index (χ0) is 10.6. The molecule has 0 aliphatic carbocycles. The zero-order valence-electron chi connectivity index (χ0n) is 7.40. The lowest BCUT2D eigenvalue weighted by Gasteiger charge is -1.97. The van der Waals surface area contributed by atoms with Gasteiger partial charge in [0.15, 0.2) is 0 Å². The molecule has 0 aromatic heterocycles. The third kappa shape index (κ3) is 2.90. The van der Waals surface area contributed by atoms with Crippen molar-refractivity contribution in [2.24, 2.45) is 0 Å². The van der Waals surface area contributed by atoms with Crippen LogP contribution in [0, 0.1) is 5.82 Å². The predicted molar refractivity (Wildman–Crippen MR) is 52.1 cm³/mol. The van der Waals surface area contributed by atoms with E-state index in [0.29, 0.717) is 11.3 Å². The minimum Gasteiger partial charge on any atom is -0.481 e. The van der Waals surface area contributed by atoms with Gasteiger partial charge in [0.2, 0.25) is 0 Å². The molecule has 3 nitrogen and oxygen atoms in total. The van der Waals surface area contributed by atoms with Crippen molar-refractivity contribution in [3.05, 3.63) is 35.7 Å². The average Bonchev–Trinajstić information content (AvgIpc) is 2.08. The Morgan fingerprint density at radius 2 is 2.29 bits per heavy atom. The molecule has 0 unspecified atom stereocenters. The molecule has 0 atom stereocenters. The maximum absolute atomic E-state index is 13.1. The molecule has 0 aliphatic heterocycles. The van der Waals surface area contributed by atoms with Crippen LogP contribution in [0.25, 0.3) is 6.08 Å². The Balaban J connectivity index is 2.76. The van der Waals surface area contributed by atoms with E-state index in [0.717, 1.165) is 0 Å². The monoisotopic (exact) mass is 195 g/mol. The number of benzene rings is 1. The molecule has 0 spiro atoms. The van der Waals surface area contributed by atoms with E-state index in [-0.39, 0.29) is 6.42 Å². The van der Waals surface area contributed by atoms with Crippen LogP contribution in [0.1, 0.15) is 12.0 Å². The highest BCUT2D eigenvalue weighted by Crippen LogP contribution is 2.13. The van der Waals surface area contributed by atoms with Gasteiger partial charge >= 0.3 is 5.97 Å². The molecular weight excluding hydrogens is 185 g/mol. The van der Waals surface area contributed by atoms with Crippen molar-refractivity contribution in [2.75, 3.05) is 5.73 Å². The first-order valence-electron chi connectivity index (χ1n) is 4.03. The number of halogens is 1. The predicted octanol–water partition coefficient (Wildman–Crippen LogP) is 1.90. The Bertz CT molecular complexity index is 374. The van der Waals surface area contributed by atoms with Crippen molar-refractivity contribution in [1.29, 1.82) is 0 Å². The molecule has 0 bridgehead atoms. The number of hydrogen-bond acceptors (Lipinski definition) is 2. The smallest absolute Gasteiger partial charge is 0.307 e. The van der Waals surface area contributed by atoms with Crippen LogP contribution in [0.5, 0.6) is 0 Å². The number of carboxylic acid groups (broad SMARTS) is 1. The molecule has 3 N–H and O–H groups in total. The van der Waals surface area contributed by atoms with Crippen LogP contribution in [0.4, 0.5) is 10.1 Å². The first-order valence-corrected chi connectivity index (χ1v) is 4.03. The number of anilines is 1. The van der Waals surface area contributed by atoms with E-state index in [1.165, 1.54) is 24.3 Å². The van der Waals surface area contributed by atoms with Crippen LogP contribution < -0.4 is 5.73 Å². The Morgan fingerprint density at radius 1 is 1.57 bits per heavy atom. The minimum atomic E-state index is -0.947. The second-order valence-electron chi connectivity index (χ2n) is 2.78. The summed E-state index contributed by atoms with van der Waals surface area (Å²) in [6.45, 7) is 0. The molecule has 0 fully saturated rings. The molecule has 0 amide bonds. The van der Waals surface area contributed by atoms with Gasteiger partial charge in [-0.15, -0.1) is 0 Å². The molecule has 74 valence electrons. The second kappa shape index (κ2) is 4.41. The third-order valence-electron chi connectivity index (χ3n) is 1.61. The third-order valence-corrected chi connectivity index (χ3v) is 1.61. The van der Waals surface area contributed by atoms with Crippen molar-refractivity contribution in [3.8, 4) is 0 Å². The lowest BCUT2D eigenvalue weighted by molar-refractivity contribution is -0.135. The number of nitrogens with two attached hydrogens (primary N) is 1. The normalized spacial score (nSPS) is 10.6. The van der Waals surface area contributed by atoms with E-state index in [2.05, 4.69) is 0 Å². The maximum Gasteiger partial charge on any atom is 0.307 e. The van der Waals surface area contributed by atoms with E-state index in [4.69, 9.17) is 10.8 Å². The molecule has 0 radical (unpaired) electrons. The molecule has 1 rings (SSSR count). The minimum absolute atomic E-state index is 0.121. The van der Waals surface area contributed by atoms with Gasteiger partial charge < -0.3 is 10.8 Å². The summed E-state index contributed by atoms with van der Waals surface area (Å²) in [4.78, 5) is 10.2. The number of rotatable bonds is 3. The van der Waals surface area contributed by atoms with E-state index < -0.39 is 11.8 Å². The molecule has 1 aromatic carbocycles. The Hall–Kier alpha value is -1.84. The summed E-state index contributed by atoms with van der Waals surface area (Å²) in [5, 5.41) is 8.34. The van der Waals surface area contributed by atoms with Gasteiger partial charge in [-0.3, -0.25) is 4.79 Å². The van der Waals surface area contributed by atoms with Gasteiger partial charge in [0.25, 0.3) is 0 Å². The van der Waals surface area contributed by atoms with Crippen molar-refractivity contribution < 1.29 is 14.3 Å². The summed E-state index contributed by atoms with van der Waals surface area (Å²) in [5.74, 6) is -1.40. The van der Waals surface area contributed by atoms with Crippen LogP contribution in [0.15, 0.2) is 24.3 Å². The first-order chi connectivity index (χ1) is 6.59. The fraction of sp³-hybridized carbons (Fsp3) is 0.100. The van der Waals surface area contributed by atoms with E-state index >= 15 is 0 Å². The lowest BCUT2D eigenvalue weighted by atomic mass is 10.1. The number of nitrogen functional groups attached to an aromatic ring is 1. The Labute approximate surface area is 80.7 Å². The maximum atomic E-state index is 13.1. The second-order valence-corrected chi connectivity index (χ2v) is 2.78. The lowest BCUT2D eigenvalue weighted by Crippen LogP contribution is -1.91. The fourth-order valence-corrected chi connectivity index (χ4v) is 0.965. The topological polar surface area (TPSA) is 63.3 Å². The number of carbonyl (C=O) groups is 1. The summed E-state index contributed by atoms with van der Waals surface area (Å²) in [6.07, 6.45) is 2.68. The van der Waals surface area contributed by atoms with Crippen molar-refractivity contribution in [3.63, 3.8) is 0 Å². The summed E-state index contributed by atoms with van der Waals surface area (Å²) in [6, 6.07) is 4.26. The molecule has 0 saturated carbocycles. The molecule has 4 heteroatoms. The summed E-state index contributed by atoms with van der Waals surface area (Å²) < 4.78 is 13.1. The largest absolute Gasteiger partial charge is 0.481 e. The molecular formula is C10H10FNO2. The molecule has 1 aromatic rings. The highest BCUT2D eigenvalue weighted by Gasteiger charge is 1.98. The average molecular weight is 195 g/mol. The van der Waals surface area contributed by atoms with Gasteiger partial charge in [0, 0.05) is 11.3 Å². The van der Waals surface area contributed by atoms with Gasteiger partial charge in [-0.05, 0) is 12.1 Å². The van der Waals surface area contributed by atoms with Crippen molar-refractivity contribution >= 4 is 17.7 Å². The molecule has 14 heavy (non-hydrogen) atoms. The van der Waals surface area contributed by atoms with Gasteiger partial charge in [-0.2, -0.15) is 0 Å². The van der Waals surface area contributed by atoms with E-state index in [1.54, 1.807) is 6.07 Å². The highest BCUT2D eigenvalue weighted by molar-refractivity contribution is 5.70. The highest BCUT2D eigenvalue weighted by atomic mass is 19.1. The molecule has 0 saturated heterocycles. The van der Waals surface area contributed by atoms with Gasteiger partial charge in [-0.1, -0.05) is 18.2 Å². The van der Waals surface area contributed by atoms with Crippen LogP contribution >= 0.6 is 0 Å². The SMILES string of the molecule is Nc1ccc(C=CCC(=O)O)c(F)c1. The Kier molecular flexibility index (Phi) is 3.23. The van der Waals surface area contributed by atoms with E-state index in [9.17, 15) is 9.18 Å². The van der Waals surface area contributed by atoms with Gasteiger partial charge in [0.05, 0.1) is 6.42 Å². The summed E-state index contributed by atoms with van der Waals surface area (Å²) >= 11 is 0. The van der Waals surface area contributed by atoms with Gasteiger partial charge in [-0.25, -0.2) is 4.39 Å². The van der Waals surface area contributed by atoms with Crippen LogP contribution in [0.2, 0.25) is 0 Å². The molecule has 0 aliphatic rings. The van der Waals surface area contributed by atoms with Crippen molar-refractivity contribution in [1.82, 2.24) is 0 Å². The van der Waals surface area contributed by atoms with Crippen molar-refractivity contribution in [2.45, 2.75) is 6.42 Å². The number of hydrogen-bond donors (Lipinski definition) is 2. The zero-order valence-corrected chi connectivity index (χ0v) is 7.40.